The van der Waals surface area contributed by atoms with Crippen LogP contribution in [0.2, 0.25) is 0 Å². The second kappa shape index (κ2) is 38.1. The maximum atomic E-state index is 2.33. The summed E-state index contributed by atoms with van der Waals surface area (Å²) in [5, 5.41) is 7.60. The van der Waals surface area contributed by atoms with E-state index in [2.05, 4.69) is 562 Å². The number of fused-ring (bicyclic) bond motifs is 3. The molecule has 0 radical (unpaired) electrons. The molecule has 22 aromatic carbocycles. The van der Waals surface area contributed by atoms with Crippen LogP contribution in [0.1, 0.15) is 22.6 Å². The van der Waals surface area contributed by atoms with Gasteiger partial charge in [0.1, 0.15) is 0 Å². The van der Waals surface area contributed by atoms with E-state index in [4.69, 9.17) is 0 Å². The van der Waals surface area contributed by atoms with Crippen molar-refractivity contribution in [2.75, 3.05) is 9.80 Å². The Kier molecular flexibility index (Phi) is 23.8. The van der Waals surface area contributed by atoms with Crippen LogP contribution < -0.4 is 9.80 Å². The Labute approximate surface area is 756 Å². The van der Waals surface area contributed by atoms with Gasteiger partial charge in [-0.25, -0.2) is 0 Å². The molecule has 0 saturated carbocycles. The van der Waals surface area contributed by atoms with Crippen molar-refractivity contribution < 1.29 is 0 Å². The molecule has 0 saturated heterocycles. The van der Waals surface area contributed by atoms with Crippen LogP contribution >= 0.6 is 0 Å². The van der Waals surface area contributed by atoms with Crippen molar-refractivity contribution in [2.45, 2.75) is 5.92 Å². The van der Waals surface area contributed by atoms with Crippen molar-refractivity contribution >= 4 is 66.4 Å². The molecule has 0 bridgehead atoms. The topological polar surface area (TPSA) is 6.48 Å². The standard InChI is InChI=1S/C46H33N.C41H30.C40H29N/c1-3-9-34(10-4-1)38-21-27-44(28-22-38)47(45-29-23-39(24-30-45)35-11-5-2-6-12-35)46-31-25-40(26-32-46)37-15-17-41(18-16-37)43-20-19-36-13-7-8-14-42(36)33-43;1-3-9-30(10-4-1)33-15-22-36(23-16-33)41(37-24-17-34(18-25-37)31-11-5-2-6-12-31)38-26-19-35(20-27-38)40-28-21-32-13-7-8-14-39(32)29-40;1-3-9-30(10-4-1)33-21-25-39(26-22-33)41(38-13-5-2-6-14-38)40-27-23-34(24-28-40)32-15-17-35(18-16-32)37-20-19-31-11-7-8-12-36(31)29-37/h1-33H;1-29,41H;1-29H. The molecule has 0 aliphatic rings. The van der Waals surface area contributed by atoms with Crippen molar-refractivity contribution in [3.05, 3.63) is 569 Å². The largest absolute Gasteiger partial charge is 0.311 e. The molecular weight excluding hydrogens is 1550 g/mol. The third-order valence-corrected chi connectivity index (χ3v) is 24.6. The first kappa shape index (κ1) is 80.6. The van der Waals surface area contributed by atoms with Gasteiger partial charge in [0, 0.05) is 40.0 Å². The second-order valence-corrected chi connectivity index (χ2v) is 32.7. The Bertz CT molecular complexity index is 7280. The first-order valence-corrected chi connectivity index (χ1v) is 44.3. The van der Waals surface area contributed by atoms with Gasteiger partial charge in [-0.1, -0.05) is 461 Å². The highest BCUT2D eigenvalue weighted by Gasteiger charge is 2.21. The fraction of sp³-hybridized carbons (Fsp3) is 0.00787. The normalized spacial score (nSPS) is 11.0. The van der Waals surface area contributed by atoms with Gasteiger partial charge < -0.3 is 9.80 Å². The molecule has 610 valence electrons. The monoisotopic (exact) mass is 1640 g/mol. The van der Waals surface area contributed by atoms with Gasteiger partial charge in [-0.15, -0.1) is 0 Å². The van der Waals surface area contributed by atoms with Gasteiger partial charge in [0.25, 0.3) is 0 Å². The lowest BCUT2D eigenvalue weighted by atomic mass is 9.83. The lowest BCUT2D eigenvalue weighted by Gasteiger charge is -2.26. The molecule has 2 heteroatoms. The minimum absolute atomic E-state index is 0.135. The summed E-state index contributed by atoms with van der Waals surface area (Å²) < 4.78 is 0. The Morgan fingerprint density at radius 3 is 0.450 bits per heavy atom. The molecule has 0 heterocycles. The molecule has 129 heavy (non-hydrogen) atoms. The molecule has 0 amide bonds. The van der Waals surface area contributed by atoms with Crippen LogP contribution in [0.3, 0.4) is 0 Å². The summed E-state index contributed by atoms with van der Waals surface area (Å²) in [6.07, 6.45) is 0. The van der Waals surface area contributed by atoms with E-state index >= 15 is 0 Å². The van der Waals surface area contributed by atoms with Crippen LogP contribution in [0.25, 0.3) is 144 Å². The molecule has 2 nitrogen and oxygen atoms in total. The van der Waals surface area contributed by atoms with Crippen molar-refractivity contribution in [3.8, 4) is 111 Å². The van der Waals surface area contributed by atoms with E-state index in [0.29, 0.717) is 0 Å². The van der Waals surface area contributed by atoms with E-state index in [1.165, 1.54) is 160 Å². The number of rotatable bonds is 19. The lowest BCUT2D eigenvalue weighted by Crippen LogP contribution is -2.09. The molecule has 22 aromatic rings. The number of anilines is 6. The third-order valence-electron chi connectivity index (χ3n) is 24.6. The quantitative estimate of drug-likeness (QED) is 0.0745. The van der Waals surface area contributed by atoms with Crippen LogP contribution in [0, 0.1) is 0 Å². The van der Waals surface area contributed by atoms with E-state index in [1.54, 1.807) is 0 Å². The number of hydrogen-bond acceptors (Lipinski definition) is 2. The second-order valence-electron chi connectivity index (χ2n) is 32.7. The van der Waals surface area contributed by atoms with E-state index in [-0.39, 0.29) is 5.92 Å². The van der Waals surface area contributed by atoms with Crippen molar-refractivity contribution in [2.24, 2.45) is 0 Å². The predicted molar refractivity (Wildman–Crippen MR) is 549 cm³/mol. The SMILES string of the molecule is c1ccc(-c2ccc(C(c3ccc(-c4ccccc4)cc3)c3ccc(-c4ccc5ccccc5c4)cc3)cc2)cc1.c1ccc(-c2ccc(N(c3ccc(-c4ccccc4)cc3)c3ccc(-c4ccc(-c5ccc6ccccc6c5)cc4)cc3)cc2)cc1.c1ccc(-c2ccc(N(c3ccccc3)c3ccc(-c4ccc(-c5ccc6ccccc6c5)cc4)cc3)cc2)cc1. The summed E-state index contributed by atoms with van der Waals surface area (Å²) in [6, 6.07) is 198. The highest BCUT2D eigenvalue weighted by molar-refractivity contribution is 5.92. The van der Waals surface area contributed by atoms with E-state index < -0.39 is 0 Å². The summed E-state index contributed by atoms with van der Waals surface area (Å²) >= 11 is 0. The zero-order valence-electron chi connectivity index (χ0n) is 71.5. The van der Waals surface area contributed by atoms with E-state index in [0.717, 1.165) is 34.1 Å². The first-order chi connectivity index (χ1) is 63.9. The minimum atomic E-state index is 0.135. The van der Waals surface area contributed by atoms with Gasteiger partial charge in [-0.2, -0.15) is 0 Å². The smallest absolute Gasteiger partial charge is 0.0462 e. The molecule has 0 spiro atoms. The molecule has 0 atom stereocenters. The number of hydrogen-bond donors (Lipinski definition) is 0. The van der Waals surface area contributed by atoms with Gasteiger partial charge in [-0.3, -0.25) is 0 Å². The third kappa shape index (κ3) is 18.6. The van der Waals surface area contributed by atoms with Crippen molar-refractivity contribution in [1.82, 2.24) is 0 Å². The fourth-order valence-corrected chi connectivity index (χ4v) is 17.6. The zero-order chi connectivity index (χ0) is 86.3. The molecule has 0 fully saturated rings. The van der Waals surface area contributed by atoms with E-state index in [1.807, 2.05) is 0 Å². The van der Waals surface area contributed by atoms with Crippen LogP contribution in [0.15, 0.2) is 552 Å². The van der Waals surface area contributed by atoms with Crippen LogP contribution in [-0.2, 0) is 0 Å². The van der Waals surface area contributed by atoms with Crippen LogP contribution in [0.4, 0.5) is 34.1 Å². The van der Waals surface area contributed by atoms with Crippen molar-refractivity contribution in [3.63, 3.8) is 0 Å². The molecule has 0 aliphatic heterocycles. The van der Waals surface area contributed by atoms with Gasteiger partial charge >= 0.3 is 0 Å². The zero-order valence-corrected chi connectivity index (χ0v) is 71.5. The summed E-state index contributed by atoms with van der Waals surface area (Å²) in [6.45, 7) is 0. The fourth-order valence-electron chi connectivity index (χ4n) is 17.6. The van der Waals surface area contributed by atoms with Crippen LogP contribution in [-0.4, -0.2) is 0 Å². The first-order valence-electron chi connectivity index (χ1n) is 44.3. The average Bonchev–Trinajstić information content (AvgIpc) is 0.796. The Hall–Kier alpha value is -16.8. The average molecular weight is 1650 g/mol. The molecule has 22 rings (SSSR count). The number of benzene rings is 22. The van der Waals surface area contributed by atoms with Crippen molar-refractivity contribution in [1.29, 1.82) is 0 Å². The molecular formula is C127H92N2. The number of nitrogens with zero attached hydrogens (tertiary/aromatic N) is 2. The van der Waals surface area contributed by atoms with E-state index in [9.17, 15) is 0 Å². The molecule has 0 N–H and O–H groups in total. The lowest BCUT2D eigenvalue weighted by molar-refractivity contribution is 0.978. The maximum absolute atomic E-state index is 2.33. The summed E-state index contributed by atoms with van der Waals surface area (Å²) in [5.41, 5.74) is 35.0. The van der Waals surface area contributed by atoms with Gasteiger partial charge in [0.15, 0.2) is 0 Å². The Morgan fingerprint density at radius 1 is 0.101 bits per heavy atom. The Balaban J connectivity index is 0.000000122. The molecule has 0 unspecified atom stereocenters. The maximum Gasteiger partial charge on any atom is 0.0462 e. The van der Waals surface area contributed by atoms with Gasteiger partial charge in [0.05, 0.1) is 0 Å². The molecule has 0 aliphatic carbocycles. The van der Waals surface area contributed by atoms with Gasteiger partial charge in [0.2, 0.25) is 0 Å². The predicted octanol–water partition coefficient (Wildman–Crippen LogP) is 35.3. The number of para-hydroxylation sites is 1. The highest BCUT2D eigenvalue weighted by atomic mass is 15.1. The highest BCUT2D eigenvalue weighted by Crippen LogP contribution is 2.43. The minimum Gasteiger partial charge on any atom is -0.311 e. The molecule has 0 aromatic heterocycles. The summed E-state index contributed by atoms with van der Waals surface area (Å²) in [4.78, 5) is 4.64. The van der Waals surface area contributed by atoms with Gasteiger partial charge in [-0.05, 0) is 251 Å². The Morgan fingerprint density at radius 2 is 0.240 bits per heavy atom. The summed E-state index contributed by atoms with van der Waals surface area (Å²) in [5.74, 6) is 0.135. The van der Waals surface area contributed by atoms with Crippen LogP contribution in [0.5, 0.6) is 0 Å². The summed E-state index contributed by atoms with van der Waals surface area (Å²) in [7, 11) is 0.